The second kappa shape index (κ2) is 14.6. The van der Waals surface area contributed by atoms with Crippen LogP contribution in [0.3, 0.4) is 0 Å². The molecule has 2 amide bonds. The fourth-order valence-electron chi connectivity index (χ4n) is 5.49. The summed E-state index contributed by atoms with van der Waals surface area (Å²) in [5, 5.41) is 15.2. The fourth-order valence-corrected chi connectivity index (χ4v) is 5.49. The Labute approximate surface area is 235 Å². The molecule has 0 radical (unpaired) electrons. The molecule has 9 nitrogen and oxygen atoms in total. The SMILES string of the molecule is CCc1cccc(-c2c(F)cccc2[C@](O)(CCCNC(=O)OC)[C@@H]2CCCN(C(=O)CCCN=C(N)N)C2)c1. The number of hydrogen-bond acceptors (Lipinski definition) is 5. The predicted molar refractivity (Wildman–Crippen MR) is 154 cm³/mol. The number of carbonyl (C=O) groups excluding carboxylic acids is 2. The van der Waals surface area contributed by atoms with Gasteiger partial charge in [0, 0.05) is 44.1 Å². The Morgan fingerprint density at radius 3 is 2.73 bits per heavy atom. The minimum atomic E-state index is -1.45. The van der Waals surface area contributed by atoms with E-state index in [9.17, 15) is 14.7 Å². The molecule has 1 aliphatic heterocycles. The number of nitrogens with two attached hydrogens (primary N) is 2. The fraction of sp³-hybridized carbons (Fsp3) is 0.500. The topological polar surface area (TPSA) is 143 Å². The number of amides is 2. The Kier molecular flexibility index (Phi) is 11.3. The summed E-state index contributed by atoms with van der Waals surface area (Å²) in [7, 11) is 1.29. The molecule has 0 unspecified atom stereocenters. The number of aliphatic imine (C=N–C) groups is 1. The number of alkyl carbamates (subject to hydrolysis) is 1. The molecule has 3 rings (SSSR count). The van der Waals surface area contributed by atoms with Gasteiger partial charge in [0.2, 0.25) is 5.91 Å². The van der Waals surface area contributed by atoms with Crippen molar-refractivity contribution < 1.29 is 23.8 Å². The summed E-state index contributed by atoms with van der Waals surface area (Å²) >= 11 is 0. The van der Waals surface area contributed by atoms with Gasteiger partial charge in [-0.3, -0.25) is 9.79 Å². The van der Waals surface area contributed by atoms with E-state index in [4.69, 9.17) is 11.5 Å². The maximum absolute atomic E-state index is 15.6. The molecule has 2 aromatic rings. The number of rotatable bonds is 12. The van der Waals surface area contributed by atoms with Crippen molar-refractivity contribution in [1.82, 2.24) is 10.2 Å². The van der Waals surface area contributed by atoms with Gasteiger partial charge >= 0.3 is 6.09 Å². The van der Waals surface area contributed by atoms with Crippen molar-refractivity contribution in [2.45, 2.75) is 57.5 Å². The number of piperidine rings is 1. The molecule has 10 heteroatoms. The molecule has 2 aromatic carbocycles. The first-order chi connectivity index (χ1) is 19.2. The van der Waals surface area contributed by atoms with Crippen molar-refractivity contribution in [3.63, 3.8) is 0 Å². The van der Waals surface area contributed by atoms with E-state index in [1.165, 1.54) is 13.2 Å². The minimum Gasteiger partial charge on any atom is -0.453 e. The number of ether oxygens (including phenoxy) is 1. The highest BCUT2D eigenvalue weighted by molar-refractivity contribution is 5.77. The molecule has 0 aromatic heterocycles. The van der Waals surface area contributed by atoms with E-state index >= 15 is 4.39 Å². The third kappa shape index (κ3) is 7.94. The molecule has 0 spiro atoms. The second-order valence-electron chi connectivity index (χ2n) is 10.3. The number of guanidine groups is 1. The van der Waals surface area contributed by atoms with Gasteiger partial charge in [-0.25, -0.2) is 9.18 Å². The number of likely N-dealkylation sites (tertiary alicyclic amines) is 1. The van der Waals surface area contributed by atoms with E-state index in [2.05, 4.69) is 15.0 Å². The van der Waals surface area contributed by atoms with Gasteiger partial charge in [0.25, 0.3) is 0 Å². The lowest BCUT2D eigenvalue weighted by Gasteiger charge is -2.43. The van der Waals surface area contributed by atoms with Gasteiger partial charge in [-0.05, 0) is 61.3 Å². The zero-order valence-corrected chi connectivity index (χ0v) is 23.5. The van der Waals surface area contributed by atoms with Crippen LogP contribution in [0.1, 0.15) is 56.6 Å². The van der Waals surface area contributed by atoms with Crippen molar-refractivity contribution in [2.75, 3.05) is 33.3 Å². The summed E-state index contributed by atoms with van der Waals surface area (Å²) in [5.74, 6) is -0.788. The molecule has 2 atom stereocenters. The minimum absolute atomic E-state index is 0.00684. The Balaban J connectivity index is 1.94. The third-order valence-corrected chi connectivity index (χ3v) is 7.59. The maximum atomic E-state index is 15.6. The zero-order chi connectivity index (χ0) is 29.1. The lowest BCUT2D eigenvalue weighted by atomic mass is 9.72. The summed E-state index contributed by atoms with van der Waals surface area (Å²) in [6.45, 7) is 3.62. The van der Waals surface area contributed by atoms with Crippen molar-refractivity contribution in [2.24, 2.45) is 22.4 Å². The maximum Gasteiger partial charge on any atom is 0.406 e. The van der Waals surface area contributed by atoms with Crippen molar-refractivity contribution in [3.8, 4) is 11.1 Å². The normalized spacial score (nSPS) is 16.6. The summed E-state index contributed by atoms with van der Waals surface area (Å²) in [6.07, 6.45) is 3.12. The van der Waals surface area contributed by atoms with Crippen LogP contribution in [0.4, 0.5) is 9.18 Å². The Morgan fingerprint density at radius 2 is 2.00 bits per heavy atom. The average Bonchev–Trinajstić information content (AvgIpc) is 2.97. The molecule has 1 saturated heterocycles. The number of hydrogen-bond donors (Lipinski definition) is 4. The van der Waals surface area contributed by atoms with Crippen LogP contribution in [-0.4, -0.2) is 61.3 Å². The largest absolute Gasteiger partial charge is 0.453 e. The van der Waals surface area contributed by atoms with Crippen LogP contribution in [0.5, 0.6) is 0 Å². The number of methoxy groups -OCH3 is 1. The molecule has 0 bridgehead atoms. The molecule has 1 heterocycles. The van der Waals surface area contributed by atoms with Crippen LogP contribution in [0.25, 0.3) is 11.1 Å². The number of halogens is 1. The van der Waals surface area contributed by atoms with Crippen LogP contribution in [0, 0.1) is 11.7 Å². The van der Waals surface area contributed by atoms with Gasteiger partial charge in [-0.15, -0.1) is 0 Å². The van der Waals surface area contributed by atoms with Gasteiger partial charge in [0.05, 0.1) is 12.7 Å². The third-order valence-electron chi connectivity index (χ3n) is 7.59. The molecular formula is C30H42FN5O4. The highest BCUT2D eigenvalue weighted by atomic mass is 19.1. The summed E-state index contributed by atoms with van der Waals surface area (Å²) in [6, 6.07) is 12.5. The standard InChI is InChI=1S/C30H42FN5O4/c1-3-21-9-4-10-22(19-21)27-24(12-5-13-25(27)31)30(39,15-8-17-35-29(38)40-2)23-11-7-18-36(20-23)26(37)14-6-16-34-28(32)33/h4-5,9-10,12-13,19,23,39H,3,6-8,11,14-18,20H2,1-2H3,(H,35,38)(H4,32,33,34)/t23-,30+/m1/s1. The molecule has 1 aliphatic rings. The first kappa shape index (κ1) is 30.9. The van der Waals surface area contributed by atoms with Crippen LogP contribution in [-0.2, 0) is 21.6 Å². The number of aryl methyl sites for hydroxylation is 1. The highest BCUT2D eigenvalue weighted by Gasteiger charge is 2.43. The average molecular weight is 556 g/mol. The highest BCUT2D eigenvalue weighted by Crippen LogP contribution is 2.44. The molecule has 0 saturated carbocycles. The first-order valence-electron chi connectivity index (χ1n) is 13.9. The number of nitrogens with one attached hydrogen (secondary N) is 1. The van der Waals surface area contributed by atoms with Gasteiger partial charge in [0.1, 0.15) is 5.82 Å². The van der Waals surface area contributed by atoms with Gasteiger partial charge in [-0.2, -0.15) is 0 Å². The second-order valence-corrected chi connectivity index (χ2v) is 10.3. The first-order valence-corrected chi connectivity index (χ1v) is 13.9. The lowest BCUT2D eigenvalue weighted by molar-refractivity contribution is -0.136. The number of aliphatic hydroxyl groups is 1. The van der Waals surface area contributed by atoms with Gasteiger partial charge in [-0.1, -0.05) is 43.3 Å². The Bertz CT molecular complexity index is 1190. The summed E-state index contributed by atoms with van der Waals surface area (Å²) in [5.41, 5.74) is 11.9. The Morgan fingerprint density at radius 1 is 1.23 bits per heavy atom. The van der Waals surface area contributed by atoms with E-state index in [0.717, 1.165) is 12.0 Å². The van der Waals surface area contributed by atoms with Crippen LogP contribution >= 0.6 is 0 Å². The summed E-state index contributed by atoms with van der Waals surface area (Å²) < 4.78 is 20.2. The molecule has 0 aliphatic carbocycles. The van der Waals surface area contributed by atoms with Crippen molar-refractivity contribution in [1.29, 1.82) is 0 Å². The van der Waals surface area contributed by atoms with E-state index < -0.39 is 17.5 Å². The summed E-state index contributed by atoms with van der Waals surface area (Å²) in [4.78, 5) is 30.4. The molecule has 6 N–H and O–H groups in total. The number of benzene rings is 2. The zero-order valence-electron chi connectivity index (χ0n) is 23.5. The van der Waals surface area contributed by atoms with Gasteiger partial charge < -0.3 is 31.5 Å². The van der Waals surface area contributed by atoms with Crippen molar-refractivity contribution in [3.05, 3.63) is 59.4 Å². The number of carbonyl (C=O) groups is 2. The van der Waals surface area contributed by atoms with E-state index in [1.807, 2.05) is 31.2 Å². The lowest BCUT2D eigenvalue weighted by Crippen LogP contribution is -2.48. The predicted octanol–water partition coefficient (Wildman–Crippen LogP) is 3.67. The van der Waals surface area contributed by atoms with Crippen LogP contribution in [0.2, 0.25) is 0 Å². The molecule has 1 fully saturated rings. The number of nitrogens with zero attached hydrogens (tertiary/aromatic N) is 2. The monoisotopic (exact) mass is 555 g/mol. The van der Waals surface area contributed by atoms with Crippen LogP contribution in [0.15, 0.2) is 47.5 Å². The van der Waals surface area contributed by atoms with Crippen LogP contribution < -0.4 is 16.8 Å². The molecule has 40 heavy (non-hydrogen) atoms. The smallest absolute Gasteiger partial charge is 0.406 e. The quantitative estimate of drug-likeness (QED) is 0.179. The van der Waals surface area contributed by atoms with E-state index in [0.29, 0.717) is 68.4 Å². The van der Waals surface area contributed by atoms with E-state index in [-0.39, 0.29) is 30.8 Å². The van der Waals surface area contributed by atoms with Crippen molar-refractivity contribution >= 4 is 18.0 Å². The molecule has 218 valence electrons. The Hall–Kier alpha value is -3.66. The van der Waals surface area contributed by atoms with E-state index in [1.54, 1.807) is 17.0 Å². The van der Waals surface area contributed by atoms with Gasteiger partial charge in [0.15, 0.2) is 5.96 Å². The molecular weight excluding hydrogens is 513 g/mol.